The normalized spacial score (nSPS) is 21.4. The van der Waals surface area contributed by atoms with Crippen LogP contribution in [-0.4, -0.2) is 89.1 Å². The Balaban J connectivity index is 1.33. The van der Waals surface area contributed by atoms with Crippen molar-refractivity contribution in [1.82, 2.24) is 25.0 Å². The summed E-state index contributed by atoms with van der Waals surface area (Å²) in [6.45, 7) is 11.1. The van der Waals surface area contributed by atoms with Crippen molar-refractivity contribution in [3.05, 3.63) is 65.5 Å². The molecule has 2 amide bonds. The van der Waals surface area contributed by atoms with Crippen molar-refractivity contribution in [2.24, 2.45) is 11.7 Å². The Morgan fingerprint density at radius 2 is 1.83 bits per heavy atom. The molecule has 0 radical (unpaired) electrons. The van der Waals surface area contributed by atoms with E-state index < -0.39 is 5.60 Å². The summed E-state index contributed by atoms with van der Waals surface area (Å²) in [6.07, 6.45) is 12.0. The predicted molar refractivity (Wildman–Crippen MR) is 187 cm³/mol. The fraction of sp³-hybridized carbons (Fsp3) is 0.658. The summed E-state index contributed by atoms with van der Waals surface area (Å²) in [7, 11) is 0. The molecule has 1 saturated heterocycles. The number of rotatable bonds is 13. The van der Waals surface area contributed by atoms with Crippen LogP contribution >= 0.6 is 0 Å². The average Bonchev–Trinajstić information content (AvgIpc) is 3.61. The molecule has 2 aromatic rings. The Labute approximate surface area is 282 Å². The number of aryl methyl sites for hydroxylation is 1. The number of nitrogens with one attached hydrogen (secondary N) is 1. The van der Waals surface area contributed by atoms with E-state index in [9.17, 15) is 9.59 Å². The van der Waals surface area contributed by atoms with Crippen LogP contribution in [0.25, 0.3) is 0 Å². The summed E-state index contributed by atoms with van der Waals surface area (Å²) >= 11 is 0. The molecule has 1 aromatic heterocycles. The van der Waals surface area contributed by atoms with Gasteiger partial charge in [-0.15, -0.1) is 0 Å². The van der Waals surface area contributed by atoms with Gasteiger partial charge in [-0.1, -0.05) is 49.2 Å². The van der Waals surface area contributed by atoms with Crippen molar-refractivity contribution < 1.29 is 14.3 Å². The van der Waals surface area contributed by atoms with Crippen LogP contribution < -0.4 is 11.1 Å². The molecule has 1 saturated carbocycles. The number of aromatic nitrogens is 1. The number of benzene rings is 1. The van der Waals surface area contributed by atoms with Gasteiger partial charge in [0, 0.05) is 44.8 Å². The summed E-state index contributed by atoms with van der Waals surface area (Å²) in [5.74, 6) is 0.325. The van der Waals surface area contributed by atoms with E-state index >= 15 is 0 Å². The molecule has 2 heterocycles. The first-order valence-electron chi connectivity index (χ1n) is 18.2. The first kappa shape index (κ1) is 35.3. The summed E-state index contributed by atoms with van der Waals surface area (Å²) in [6, 6.07) is 14.8. The third kappa shape index (κ3) is 10.00. The largest absolute Gasteiger partial charge is 0.444 e. The number of carbonyl (C=O) groups is 2. The quantitative estimate of drug-likeness (QED) is 0.263. The van der Waals surface area contributed by atoms with Crippen molar-refractivity contribution in [2.75, 3.05) is 45.8 Å². The van der Waals surface area contributed by atoms with Gasteiger partial charge < -0.3 is 20.7 Å². The van der Waals surface area contributed by atoms with Crippen LogP contribution in [-0.2, 0) is 16.0 Å². The number of fused-ring (bicyclic) bond motifs is 1. The van der Waals surface area contributed by atoms with E-state index in [1.165, 1.54) is 11.3 Å². The van der Waals surface area contributed by atoms with Crippen LogP contribution in [0.1, 0.15) is 107 Å². The number of hydrogen-bond donors (Lipinski definition) is 2. The van der Waals surface area contributed by atoms with E-state index in [4.69, 9.17) is 15.5 Å². The van der Waals surface area contributed by atoms with Gasteiger partial charge >= 0.3 is 6.09 Å². The van der Waals surface area contributed by atoms with Gasteiger partial charge in [-0.2, -0.15) is 0 Å². The molecule has 5 rings (SSSR count). The number of nitrogens with two attached hydrogens (primary N) is 1. The van der Waals surface area contributed by atoms with E-state index in [0.717, 1.165) is 102 Å². The molecule has 1 aliphatic heterocycles. The van der Waals surface area contributed by atoms with Crippen LogP contribution in [0.3, 0.4) is 0 Å². The van der Waals surface area contributed by atoms with E-state index in [1.807, 2.05) is 44.0 Å². The zero-order valence-corrected chi connectivity index (χ0v) is 29.0. The maximum Gasteiger partial charge on any atom is 0.410 e. The molecule has 2 fully saturated rings. The highest BCUT2D eigenvalue weighted by atomic mass is 16.6. The van der Waals surface area contributed by atoms with Gasteiger partial charge in [-0.3, -0.25) is 19.6 Å². The number of carbonyl (C=O) groups excluding carboxylic acids is 2. The summed E-state index contributed by atoms with van der Waals surface area (Å²) in [4.78, 5) is 38.8. The first-order chi connectivity index (χ1) is 22.7. The van der Waals surface area contributed by atoms with E-state index in [0.29, 0.717) is 13.1 Å². The second-order valence-electron chi connectivity index (χ2n) is 14.8. The molecule has 258 valence electrons. The van der Waals surface area contributed by atoms with Crippen molar-refractivity contribution in [3.8, 4) is 0 Å². The van der Waals surface area contributed by atoms with Crippen molar-refractivity contribution in [1.29, 1.82) is 0 Å². The highest BCUT2D eigenvalue weighted by Crippen LogP contribution is 2.34. The minimum Gasteiger partial charge on any atom is -0.444 e. The smallest absolute Gasteiger partial charge is 0.410 e. The van der Waals surface area contributed by atoms with Crippen LogP contribution in [0.15, 0.2) is 48.7 Å². The second-order valence-corrected chi connectivity index (χ2v) is 14.8. The highest BCUT2D eigenvalue weighted by Gasteiger charge is 2.37. The zero-order valence-electron chi connectivity index (χ0n) is 29.0. The number of unbranched alkanes of at least 4 members (excludes halogenated alkanes) is 1. The number of amides is 2. The number of pyridine rings is 1. The fourth-order valence-electron chi connectivity index (χ4n) is 7.68. The maximum absolute atomic E-state index is 13.6. The second kappa shape index (κ2) is 16.9. The number of nitrogens with zero attached hydrogens (tertiary/aromatic N) is 4. The molecule has 2 aliphatic carbocycles. The first-order valence-corrected chi connectivity index (χ1v) is 18.2. The Kier molecular flexibility index (Phi) is 12.7. The highest BCUT2D eigenvalue weighted by molar-refractivity contribution is 5.79. The van der Waals surface area contributed by atoms with Gasteiger partial charge in [0.05, 0.1) is 23.8 Å². The van der Waals surface area contributed by atoms with Crippen LogP contribution in [0.5, 0.6) is 0 Å². The SMILES string of the molecule is CC(C)(C)OC(=O)N1CCN(CC[C@H](NC(=O)C2CCCC2)c2ccccc2)C[C@H]1CN(CCCCN)[C@H]1CCCc2cccnc21. The third-order valence-electron chi connectivity index (χ3n) is 10.1. The Bertz CT molecular complexity index is 1280. The van der Waals surface area contributed by atoms with Crippen molar-refractivity contribution >= 4 is 12.0 Å². The monoisotopic (exact) mass is 646 g/mol. The predicted octanol–water partition coefficient (Wildman–Crippen LogP) is 5.86. The van der Waals surface area contributed by atoms with Gasteiger partial charge in [0.2, 0.25) is 5.91 Å². The molecular weight excluding hydrogens is 588 g/mol. The van der Waals surface area contributed by atoms with Crippen molar-refractivity contribution in [3.63, 3.8) is 0 Å². The van der Waals surface area contributed by atoms with Gasteiger partial charge in [0.15, 0.2) is 0 Å². The van der Waals surface area contributed by atoms with Gasteiger partial charge in [-0.05, 0) is 102 Å². The minimum atomic E-state index is -0.563. The molecule has 0 bridgehead atoms. The number of piperazine rings is 1. The van der Waals surface area contributed by atoms with Gasteiger partial charge in [0.25, 0.3) is 0 Å². The van der Waals surface area contributed by atoms with E-state index in [1.54, 1.807) is 0 Å². The van der Waals surface area contributed by atoms with Crippen LogP contribution in [0.2, 0.25) is 0 Å². The topological polar surface area (TPSA) is 104 Å². The standard InChI is InChI=1S/C38H58N6O3/c1-38(2,3)47-37(46)44-26-25-42(24-20-33(29-13-5-4-6-14-29)41-36(45)31-15-7-8-16-31)27-32(44)28-43(23-10-9-21-39)34-19-11-17-30-18-12-22-40-35(30)34/h4-6,12-14,18,22,31-34H,7-11,15-17,19-21,23-28,39H2,1-3H3,(H,41,45)/t32-,33-,34-/m0/s1. The van der Waals surface area contributed by atoms with Crippen LogP contribution in [0, 0.1) is 5.92 Å². The summed E-state index contributed by atoms with van der Waals surface area (Å²) in [5, 5.41) is 3.42. The third-order valence-corrected chi connectivity index (χ3v) is 10.1. The van der Waals surface area contributed by atoms with Crippen molar-refractivity contribution in [2.45, 2.75) is 109 Å². The lowest BCUT2D eigenvalue weighted by molar-refractivity contribution is -0.125. The molecule has 3 atom stereocenters. The van der Waals surface area contributed by atoms with Crippen LogP contribution in [0.4, 0.5) is 4.79 Å². The molecule has 1 aromatic carbocycles. The summed E-state index contributed by atoms with van der Waals surface area (Å²) < 4.78 is 5.95. The Morgan fingerprint density at radius 3 is 2.57 bits per heavy atom. The minimum absolute atomic E-state index is 0.0335. The molecular formula is C38H58N6O3. The Hall–Kier alpha value is -3.01. The zero-order chi connectivity index (χ0) is 33.2. The lowest BCUT2D eigenvalue weighted by Gasteiger charge is -2.45. The Morgan fingerprint density at radius 1 is 1.04 bits per heavy atom. The fourth-order valence-corrected chi connectivity index (χ4v) is 7.68. The maximum atomic E-state index is 13.6. The average molecular weight is 647 g/mol. The van der Waals surface area contributed by atoms with Gasteiger partial charge in [-0.25, -0.2) is 4.79 Å². The molecule has 3 N–H and O–H groups in total. The van der Waals surface area contributed by atoms with E-state index in [2.05, 4.69) is 45.4 Å². The lowest BCUT2D eigenvalue weighted by Crippen LogP contribution is -2.60. The molecule has 47 heavy (non-hydrogen) atoms. The van der Waals surface area contributed by atoms with Gasteiger partial charge in [0.1, 0.15) is 5.60 Å². The molecule has 0 spiro atoms. The lowest BCUT2D eigenvalue weighted by atomic mass is 9.90. The molecule has 9 nitrogen and oxygen atoms in total. The molecule has 9 heteroatoms. The molecule has 0 unspecified atom stereocenters. The number of hydrogen-bond acceptors (Lipinski definition) is 7. The summed E-state index contributed by atoms with van der Waals surface area (Å²) in [5.41, 5.74) is 9.04. The molecule has 3 aliphatic rings. The van der Waals surface area contributed by atoms with E-state index in [-0.39, 0.29) is 36.0 Å². The number of ether oxygens (including phenoxy) is 1.